The Morgan fingerprint density at radius 3 is 2.95 bits per heavy atom. The van der Waals surface area contributed by atoms with Crippen molar-refractivity contribution in [3.8, 4) is 11.5 Å². The highest BCUT2D eigenvalue weighted by molar-refractivity contribution is 5.95. The average molecular weight is 260 g/mol. The van der Waals surface area contributed by atoms with Gasteiger partial charge in [0.1, 0.15) is 0 Å². The molecule has 0 unspecified atom stereocenters. The average Bonchev–Trinajstić information content (AvgIpc) is 2.94. The van der Waals surface area contributed by atoms with E-state index in [2.05, 4.69) is 15.5 Å². The van der Waals surface area contributed by atoms with Gasteiger partial charge in [-0.2, -0.15) is 0 Å². The van der Waals surface area contributed by atoms with Crippen LogP contribution in [0.15, 0.2) is 29.0 Å². The Balaban J connectivity index is 2.25. The van der Waals surface area contributed by atoms with Crippen molar-refractivity contribution in [1.29, 1.82) is 0 Å². The Labute approximate surface area is 111 Å². The zero-order valence-corrected chi connectivity index (χ0v) is 10.9. The minimum atomic E-state index is -0.508. The highest BCUT2D eigenvalue weighted by Crippen LogP contribution is 2.23. The predicted molar refractivity (Wildman–Crippen MR) is 71.4 cm³/mol. The Morgan fingerprint density at radius 2 is 2.32 bits per heavy atom. The number of carbonyl (C=O) groups excluding carboxylic acids is 1. The number of nitrogens with zero attached hydrogens (tertiary/aromatic N) is 2. The van der Waals surface area contributed by atoms with Crippen LogP contribution in [-0.2, 0) is 4.79 Å². The summed E-state index contributed by atoms with van der Waals surface area (Å²) in [5, 5.41) is 10.3. The van der Waals surface area contributed by atoms with Gasteiger partial charge in [0, 0.05) is 11.3 Å². The number of hydrogen-bond donors (Lipinski definition) is 2. The van der Waals surface area contributed by atoms with Crippen molar-refractivity contribution in [2.24, 2.45) is 5.73 Å². The molecule has 19 heavy (non-hydrogen) atoms. The molecule has 100 valence electrons. The molecule has 0 spiro atoms. The smallest absolute Gasteiger partial charge is 0.247 e. The maximum atomic E-state index is 11.8. The molecule has 3 N–H and O–H groups in total. The van der Waals surface area contributed by atoms with Gasteiger partial charge in [0.15, 0.2) is 0 Å². The summed E-state index contributed by atoms with van der Waals surface area (Å²) in [6.07, 6.45) is 1.86. The molecule has 6 nitrogen and oxygen atoms in total. The fourth-order valence-electron chi connectivity index (χ4n) is 1.60. The number of aryl methyl sites for hydroxylation is 1. The van der Waals surface area contributed by atoms with Crippen molar-refractivity contribution in [1.82, 2.24) is 10.2 Å². The number of rotatable bonds is 4. The number of hydrogen-bond acceptors (Lipinski definition) is 5. The third kappa shape index (κ3) is 2.97. The summed E-state index contributed by atoms with van der Waals surface area (Å²) in [5.74, 6) is 0.212. The van der Waals surface area contributed by atoms with Gasteiger partial charge in [-0.05, 0) is 31.0 Å². The van der Waals surface area contributed by atoms with Crippen LogP contribution in [0, 0.1) is 6.92 Å². The van der Waals surface area contributed by atoms with Crippen molar-refractivity contribution < 1.29 is 9.21 Å². The molecule has 1 aromatic heterocycles. The molecule has 1 aromatic carbocycles. The molecule has 0 saturated carbocycles. The molecule has 1 heterocycles. The van der Waals surface area contributed by atoms with Crippen LogP contribution in [0.4, 0.5) is 5.69 Å². The van der Waals surface area contributed by atoms with Crippen molar-refractivity contribution in [3.63, 3.8) is 0 Å². The minimum absolute atomic E-state index is 0.201. The molecule has 0 radical (unpaired) electrons. The van der Waals surface area contributed by atoms with Crippen molar-refractivity contribution in [2.75, 3.05) is 5.32 Å². The Morgan fingerprint density at radius 1 is 1.53 bits per heavy atom. The summed E-state index contributed by atoms with van der Waals surface area (Å²) in [7, 11) is 0. The molecule has 2 rings (SSSR count). The molecule has 0 bridgehead atoms. The van der Waals surface area contributed by atoms with Crippen LogP contribution in [-0.4, -0.2) is 22.1 Å². The van der Waals surface area contributed by atoms with Gasteiger partial charge in [0.05, 0.1) is 6.04 Å². The quantitative estimate of drug-likeness (QED) is 0.872. The van der Waals surface area contributed by atoms with E-state index in [0.29, 0.717) is 18.0 Å². The zero-order valence-electron chi connectivity index (χ0n) is 10.9. The largest absolute Gasteiger partial charge is 0.423 e. The number of nitrogens with one attached hydrogen (secondary N) is 1. The number of anilines is 1. The molecule has 0 saturated heterocycles. The van der Waals surface area contributed by atoms with Crippen LogP contribution in [0.5, 0.6) is 0 Å². The highest BCUT2D eigenvalue weighted by Gasteiger charge is 2.13. The van der Waals surface area contributed by atoms with Gasteiger partial charge >= 0.3 is 0 Å². The zero-order chi connectivity index (χ0) is 13.8. The Kier molecular flexibility index (Phi) is 3.91. The third-order valence-corrected chi connectivity index (χ3v) is 2.88. The molecule has 0 fully saturated rings. The highest BCUT2D eigenvalue weighted by atomic mass is 16.4. The van der Waals surface area contributed by atoms with Gasteiger partial charge in [0.25, 0.3) is 0 Å². The molecule has 6 heteroatoms. The van der Waals surface area contributed by atoms with Gasteiger partial charge in [-0.1, -0.05) is 13.0 Å². The van der Waals surface area contributed by atoms with Crippen LogP contribution in [0.1, 0.15) is 18.9 Å². The molecule has 0 aliphatic heterocycles. The molecule has 1 amide bonds. The lowest BCUT2D eigenvalue weighted by atomic mass is 10.1. The fourth-order valence-corrected chi connectivity index (χ4v) is 1.60. The van der Waals surface area contributed by atoms with Gasteiger partial charge in [-0.3, -0.25) is 4.79 Å². The van der Waals surface area contributed by atoms with E-state index < -0.39 is 6.04 Å². The fraction of sp³-hybridized carbons (Fsp3) is 0.308. The summed E-state index contributed by atoms with van der Waals surface area (Å²) in [6.45, 7) is 3.77. The molecular formula is C13H16N4O2. The van der Waals surface area contributed by atoms with Gasteiger partial charge in [-0.25, -0.2) is 0 Å². The first-order valence-corrected chi connectivity index (χ1v) is 6.05. The van der Waals surface area contributed by atoms with E-state index in [-0.39, 0.29) is 5.91 Å². The summed E-state index contributed by atoms with van der Waals surface area (Å²) in [6, 6.07) is 5.03. The van der Waals surface area contributed by atoms with Crippen LogP contribution in [0.2, 0.25) is 0 Å². The van der Waals surface area contributed by atoms with Crippen LogP contribution in [0.25, 0.3) is 11.5 Å². The van der Waals surface area contributed by atoms with E-state index in [1.165, 1.54) is 6.39 Å². The van der Waals surface area contributed by atoms with E-state index in [0.717, 1.165) is 11.1 Å². The number of benzene rings is 1. The molecule has 0 aliphatic carbocycles. The van der Waals surface area contributed by atoms with Crippen molar-refractivity contribution in [2.45, 2.75) is 26.3 Å². The maximum absolute atomic E-state index is 11.8. The third-order valence-electron chi connectivity index (χ3n) is 2.88. The van der Waals surface area contributed by atoms with Crippen LogP contribution >= 0.6 is 0 Å². The first-order chi connectivity index (χ1) is 9.11. The van der Waals surface area contributed by atoms with Gasteiger partial charge in [0.2, 0.25) is 18.2 Å². The standard InChI is InChI=1S/C13H16N4O2/c1-3-10(14)12(18)16-11-6-9(5-4-8(11)2)13-17-15-7-19-13/h4-7,10H,3,14H2,1-2H3,(H,16,18)/t10-/m0/s1. The molecule has 0 aliphatic rings. The van der Waals surface area contributed by atoms with Crippen molar-refractivity contribution in [3.05, 3.63) is 30.2 Å². The van der Waals surface area contributed by atoms with Gasteiger partial charge in [-0.15, -0.1) is 10.2 Å². The number of nitrogens with two attached hydrogens (primary N) is 1. The summed E-state index contributed by atoms with van der Waals surface area (Å²) < 4.78 is 5.13. The van der Waals surface area contributed by atoms with Crippen LogP contribution < -0.4 is 11.1 Å². The minimum Gasteiger partial charge on any atom is -0.423 e. The normalized spacial score (nSPS) is 12.2. The SMILES string of the molecule is CC[C@H](N)C(=O)Nc1cc(-c2nnco2)ccc1C. The van der Waals surface area contributed by atoms with Gasteiger partial charge < -0.3 is 15.5 Å². The number of amides is 1. The monoisotopic (exact) mass is 260 g/mol. The second-order valence-corrected chi connectivity index (χ2v) is 4.28. The van der Waals surface area contributed by atoms with E-state index in [4.69, 9.17) is 10.2 Å². The lowest BCUT2D eigenvalue weighted by Gasteiger charge is -2.12. The lowest BCUT2D eigenvalue weighted by Crippen LogP contribution is -2.35. The molecular weight excluding hydrogens is 244 g/mol. The van der Waals surface area contributed by atoms with E-state index in [9.17, 15) is 4.79 Å². The topological polar surface area (TPSA) is 94.0 Å². The predicted octanol–water partition coefficient (Wildman–Crippen LogP) is 1.72. The molecule has 1 atom stereocenters. The number of carbonyl (C=O) groups is 1. The van der Waals surface area contributed by atoms with E-state index in [1.54, 1.807) is 6.07 Å². The lowest BCUT2D eigenvalue weighted by molar-refractivity contribution is -0.117. The molecule has 2 aromatic rings. The second-order valence-electron chi connectivity index (χ2n) is 4.28. The van der Waals surface area contributed by atoms with Crippen molar-refractivity contribution >= 4 is 11.6 Å². The number of aromatic nitrogens is 2. The first kappa shape index (κ1) is 13.2. The second kappa shape index (κ2) is 5.62. The maximum Gasteiger partial charge on any atom is 0.247 e. The Bertz CT molecular complexity index is 566. The Hall–Kier alpha value is -2.21. The van der Waals surface area contributed by atoms with E-state index in [1.807, 2.05) is 26.0 Å². The summed E-state index contributed by atoms with van der Waals surface area (Å²) in [5.41, 5.74) is 8.09. The van der Waals surface area contributed by atoms with Crippen LogP contribution in [0.3, 0.4) is 0 Å². The summed E-state index contributed by atoms with van der Waals surface area (Å²) in [4.78, 5) is 11.8. The summed E-state index contributed by atoms with van der Waals surface area (Å²) >= 11 is 0. The first-order valence-electron chi connectivity index (χ1n) is 6.05. The van der Waals surface area contributed by atoms with E-state index >= 15 is 0 Å².